The van der Waals surface area contributed by atoms with Crippen molar-refractivity contribution in [2.75, 3.05) is 0 Å². The van der Waals surface area contributed by atoms with Crippen molar-refractivity contribution in [3.63, 3.8) is 0 Å². The summed E-state index contributed by atoms with van der Waals surface area (Å²) in [6.45, 7) is 5.74. The molecule has 100 valence electrons. The van der Waals surface area contributed by atoms with E-state index in [1.807, 2.05) is 20.8 Å². The normalized spacial score (nSPS) is 31.7. The van der Waals surface area contributed by atoms with Crippen LogP contribution in [0.3, 0.4) is 0 Å². The van der Waals surface area contributed by atoms with E-state index in [1.165, 1.54) is 6.08 Å². The first-order chi connectivity index (χ1) is 8.26. The molecule has 4 heteroatoms. The monoisotopic (exact) mass is 252 g/mol. The van der Waals surface area contributed by atoms with Crippen LogP contribution in [0.1, 0.15) is 40.0 Å². The number of rotatable bonds is 4. The number of carbonyl (C=O) groups excluding carboxylic acids is 1. The maximum Gasteiger partial charge on any atom is 0.330 e. The second-order valence-corrected chi connectivity index (χ2v) is 6.25. The van der Waals surface area contributed by atoms with Crippen molar-refractivity contribution in [2.24, 2.45) is 17.3 Å². The molecule has 0 saturated heterocycles. The Morgan fingerprint density at radius 2 is 1.89 bits per heavy atom. The molecule has 2 aliphatic rings. The van der Waals surface area contributed by atoms with Crippen LogP contribution in [0, 0.1) is 17.3 Å². The molecule has 0 aromatic rings. The lowest BCUT2D eigenvalue weighted by Gasteiger charge is -2.37. The van der Waals surface area contributed by atoms with Gasteiger partial charge in [0.25, 0.3) is 0 Å². The Bertz CT molecular complexity index is 404. The molecule has 0 bridgehead atoms. The summed E-state index contributed by atoms with van der Waals surface area (Å²) in [6, 6.07) is 0. The summed E-state index contributed by atoms with van der Waals surface area (Å²) in [4.78, 5) is 22.6. The Morgan fingerprint density at radius 1 is 1.28 bits per heavy atom. The van der Waals surface area contributed by atoms with Crippen LogP contribution in [0.25, 0.3) is 0 Å². The smallest absolute Gasteiger partial charge is 0.330 e. The zero-order valence-electron chi connectivity index (χ0n) is 11.1. The molecule has 2 fully saturated rings. The van der Waals surface area contributed by atoms with Gasteiger partial charge < -0.3 is 9.84 Å². The Balaban J connectivity index is 1.88. The van der Waals surface area contributed by atoms with E-state index >= 15 is 0 Å². The second-order valence-electron chi connectivity index (χ2n) is 6.25. The minimum absolute atomic E-state index is 0.0725. The third-order valence-corrected chi connectivity index (χ3v) is 4.37. The molecule has 1 N–H and O–H groups in total. The third kappa shape index (κ3) is 2.28. The molecule has 0 radical (unpaired) electrons. The summed E-state index contributed by atoms with van der Waals surface area (Å²) in [5.41, 5.74) is -0.560. The largest absolute Gasteiger partial charge is 0.481 e. The molecule has 0 heterocycles. The maximum atomic E-state index is 11.6. The molecule has 18 heavy (non-hydrogen) atoms. The highest BCUT2D eigenvalue weighted by Gasteiger charge is 2.60. The van der Waals surface area contributed by atoms with Gasteiger partial charge in [0.05, 0.1) is 5.92 Å². The predicted molar refractivity (Wildman–Crippen MR) is 65.9 cm³/mol. The topological polar surface area (TPSA) is 63.6 Å². The molecule has 0 aromatic carbocycles. The number of carbonyl (C=O) groups is 2. The van der Waals surface area contributed by atoms with Gasteiger partial charge in [0.1, 0.15) is 5.60 Å². The van der Waals surface area contributed by atoms with Crippen molar-refractivity contribution in [3.05, 3.63) is 12.2 Å². The lowest BCUT2D eigenvalue weighted by atomic mass is 9.82. The van der Waals surface area contributed by atoms with Crippen molar-refractivity contribution in [2.45, 2.75) is 45.6 Å². The molecule has 2 rings (SSSR count). The summed E-state index contributed by atoms with van der Waals surface area (Å²) in [5, 5.41) is 9.01. The summed E-state index contributed by atoms with van der Waals surface area (Å²) in [7, 11) is 0. The van der Waals surface area contributed by atoms with Crippen molar-refractivity contribution in [3.8, 4) is 0 Å². The summed E-state index contributed by atoms with van der Waals surface area (Å²) < 4.78 is 5.34. The van der Waals surface area contributed by atoms with E-state index in [4.69, 9.17) is 9.84 Å². The van der Waals surface area contributed by atoms with Crippen molar-refractivity contribution in [1.29, 1.82) is 0 Å². The van der Waals surface area contributed by atoms with Crippen LogP contribution in [0.4, 0.5) is 0 Å². The van der Waals surface area contributed by atoms with E-state index in [0.29, 0.717) is 0 Å². The molecule has 0 aromatic heterocycles. The molecule has 0 aliphatic heterocycles. The van der Waals surface area contributed by atoms with Gasteiger partial charge in [0.2, 0.25) is 0 Å². The van der Waals surface area contributed by atoms with Crippen LogP contribution in [0.15, 0.2) is 12.2 Å². The van der Waals surface area contributed by atoms with Gasteiger partial charge in [-0.05, 0) is 37.5 Å². The Labute approximate surface area is 107 Å². The van der Waals surface area contributed by atoms with Crippen LogP contribution in [-0.4, -0.2) is 22.6 Å². The zero-order valence-corrected chi connectivity index (χ0v) is 11.1. The van der Waals surface area contributed by atoms with Crippen LogP contribution in [0.5, 0.6) is 0 Å². The van der Waals surface area contributed by atoms with E-state index < -0.39 is 5.97 Å². The number of carboxylic acid groups (broad SMARTS) is 1. The maximum absolute atomic E-state index is 11.6. The van der Waals surface area contributed by atoms with Crippen LogP contribution >= 0.6 is 0 Å². The fourth-order valence-electron chi connectivity index (χ4n) is 2.74. The molecule has 2 saturated carbocycles. The number of hydrogen-bond donors (Lipinski definition) is 1. The van der Waals surface area contributed by atoms with E-state index in [9.17, 15) is 9.59 Å². The van der Waals surface area contributed by atoms with Gasteiger partial charge in [-0.1, -0.05) is 19.9 Å². The Hall–Kier alpha value is -1.32. The average molecular weight is 252 g/mol. The number of ether oxygens (including phenoxy) is 1. The molecule has 2 atom stereocenters. The Kier molecular flexibility index (Phi) is 2.99. The quantitative estimate of drug-likeness (QED) is 0.616. The van der Waals surface area contributed by atoms with Gasteiger partial charge in [-0.25, -0.2) is 4.79 Å². The number of allylic oxidation sites excluding steroid dienone is 1. The van der Waals surface area contributed by atoms with Crippen molar-refractivity contribution >= 4 is 11.9 Å². The van der Waals surface area contributed by atoms with E-state index in [-0.39, 0.29) is 28.8 Å². The van der Waals surface area contributed by atoms with Crippen molar-refractivity contribution in [1.82, 2.24) is 0 Å². The molecular weight excluding hydrogens is 232 g/mol. The zero-order chi connectivity index (χ0) is 13.6. The van der Waals surface area contributed by atoms with Gasteiger partial charge >= 0.3 is 11.9 Å². The SMILES string of the molecule is CC1(OC(=O)/C=C/C2C(C(=O)O)C2(C)C)CCC1. The van der Waals surface area contributed by atoms with Gasteiger partial charge in [-0.3, -0.25) is 4.79 Å². The van der Waals surface area contributed by atoms with Crippen molar-refractivity contribution < 1.29 is 19.4 Å². The van der Waals surface area contributed by atoms with Crippen LogP contribution in [0.2, 0.25) is 0 Å². The number of hydrogen-bond acceptors (Lipinski definition) is 3. The van der Waals surface area contributed by atoms with Gasteiger partial charge in [-0.15, -0.1) is 0 Å². The van der Waals surface area contributed by atoms with E-state index in [2.05, 4.69) is 0 Å². The fraction of sp³-hybridized carbons (Fsp3) is 0.714. The molecular formula is C14H20O4. The highest BCUT2D eigenvalue weighted by Crippen LogP contribution is 2.59. The highest BCUT2D eigenvalue weighted by molar-refractivity contribution is 5.83. The first-order valence-electron chi connectivity index (χ1n) is 6.40. The summed E-state index contributed by atoms with van der Waals surface area (Å²) in [6.07, 6.45) is 6.00. The Morgan fingerprint density at radius 3 is 2.28 bits per heavy atom. The number of esters is 1. The average Bonchev–Trinajstić information content (AvgIpc) is 2.75. The van der Waals surface area contributed by atoms with Crippen LogP contribution in [-0.2, 0) is 14.3 Å². The molecule has 2 unspecified atom stereocenters. The standard InChI is InChI=1S/C14H20O4/c1-13(2)9(11(13)12(16)17)5-6-10(15)18-14(3)7-4-8-14/h5-6,9,11H,4,7-8H2,1-3H3,(H,16,17)/b6-5+. The molecule has 2 aliphatic carbocycles. The minimum Gasteiger partial charge on any atom is -0.481 e. The molecule has 0 amide bonds. The second kappa shape index (κ2) is 4.11. The van der Waals surface area contributed by atoms with E-state index in [0.717, 1.165) is 19.3 Å². The van der Waals surface area contributed by atoms with Gasteiger partial charge in [0, 0.05) is 6.08 Å². The fourth-order valence-corrected chi connectivity index (χ4v) is 2.74. The number of aliphatic carboxylic acids is 1. The first-order valence-corrected chi connectivity index (χ1v) is 6.40. The summed E-state index contributed by atoms with van der Waals surface area (Å²) in [5.74, 6) is -1.62. The molecule has 4 nitrogen and oxygen atoms in total. The number of carboxylic acids is 1. The van der Waals surface area contributed by atoms with Gasteiger partial charge in [0.15, 0.2) is 0 Å². The van der Waals surface area contributed by atoms with Gasteiger partial charge in [-0.2, -0.15) is 0 Å². The minimum atomic E-state index is -0.797. The first kappa shape index (κ1) is 13.1. The highest BCUT2D eigenvalue weighted by atomic mass is 16.6. The summed E-state index contributed by atoms with van der Waals surface area (Å²) >= 11 is 0. The lowest BCUT2D eigenvalue weighted by Crippen LogP contribution is -2.38. The third-order valence-electron chi connectivity index (χ3n) is 4.37. The van der Waals surface area contributed by atoms with E-state index in [1.54, 1.807) is 6.08 Å². The molecule has 0 spiro atoms. The lowest BCUT2D eigenvalue weighted by molar-refractivity contribution is -0.160. The van der Waals surface area contributed by atoms with Crippen LogP contribution < -0.4 is 0 Å². The predicted octanol–water partition coefficient (Wildman–Crippen LogP) is 2.39.